The SMILES string of the molecule is Cc1ccc2c(c1)c1c(N)ncnc1n2CC(=O)OC(C)(C)C. The molecule has 0 spiro atoms. The molecular formula is C17H20N4O2. The molecule has 23 heavy (non-hydrogen) atoms. The number of rotatable bonds is 2. The number of carbonyl (C=O) groups is 1. The fourth-order valence-electron chi connectivity index (χ4n) is 2.72. The van der Waals surface area contributed by atoms with E-state index in [1.54, 1.807) is 0 Å². The number of esters is 1. The van der Waals surface area contributed by atoms with E-state index in [1.165, 1.54) is 6.33 Å². The van der Waals surface area contributed by atoms with Gasteiger partial charge in [-0.1, -0.05) is 11.6 Å². The first-order chi connectivity index (χ1) is 10.8. The summed E-state index contributed by atoms with van der Waals surface area (Å²) in [5.41, 5.74) is 8.15. The van der Waals surface area contributed by atoms with Gasteiger partial charge in [0.05, 0.1) is 10.9 Å². The van der Waals surface area contributed by atoms with Crippen molar-refractivity contribution < 1.29 is 9.53 Å². The lowest BCUT2D eigenvalue weighted by atomic mass is 10.1. The van der Waals surface area contributed by atoms with Crippen molar-refractivity contribution in [2.75, 3.05) is 5.73 Å². The highest BCUT2D eigenvalue weighted by molar-refractivity contribution is 6.11. The zero-order chi connectivity index (χ0) is 16.8. The van der Waals surface area contributed by atoms with Gasteiger partial charge in [-0.15, -0.1) is 0 Å². The number of anilines is 1. The summed E-state index contributed by atoms with van der Waals surface area (Å²) >= 11 is 0. The van der Waals surface area contributed by atoms with Gasteiger partial charge in [-0.25, -0.2) is 9.97 Å². The first-order valence-electron chi connectivity index (χ1n) is 7.47. The van der Waals surface area contributed by atoms with E-state index in [9.17, 15) is 4.79 Å². The fourth-order valence-corrected chi connectivity index (χ4v) is 2.72. The van der Waals surface area contributed by atoms with Crippen LogP contribution >= 0.6 is 0 Å². The summed E-state index contributed by atoms with van der Waals surface area (Å²) < 4.78 is 7.26. The first-order valence-corrected chi connectivity index (χ1v) is 7.47. The molecule has 1 aromatic carbocycles. The van der Waals surface area contributed by atoms with Gasteiger partial charge in [-0.3, -0.25) is 4.79 Å². The number of aryl methyl sites for hydroxylation is 1. The van der Waals surface area contributed by atoms with Gasteiger partial charge in [0.25, 0.3) is 0 Å². The molecule has 0 fully saturated rings. The summed E-state index contributed by atoms with van der Waals surface area (Å²) in [6.45, 7) is 7.63. The molecule has 0 saturated heterocycles. The maximum atomic E-state index is 12.2. The molecule has 0 atom stereocenters. The lowest BCUT2D eigenvalue weighted by molar-refractivity contribution is -0.155. The summed E-state index contributed by atoms with van der Waals surface area (Å²) in [6, 6.07) is 6.00. The zero-order valence-electron chi connectivity index (χ0n) is 13.8. The zero-order valence-corrected chi connectivity index (χ0v) is 13.8. The van der Waals surface area contributed by atoms with E-state index < -0.39 is 5.60 Å². The number of ether oxygens (including phenoxy) is 1. The lowest BCUT2D eigenvalue weighted by Crippen LogP contribution is -2.26. The molecule has 0 aliphatic carbocycles. The molecule has 6 heteroatoms. The summed E-state index contributed by atoms with van der Waals surface area (Å²) in [5.74, 6) is 0.0996. The summed E-state index contributed by atoms with van der Waals surface area (Å²) in [5, 5.41) is 1.72. The second kappa shape index (κ2) is 5.22. The van der Waals surface area contributed by atoms with Crippen molar-refractivity contribution in [3.05, 3.63) is 30.1 Å². The van der Waals surface area contributed by atoms with E-state index in [-0.39, 0.29) is 12.5 Å². The van der Waals surface area contributed by atoms with Crippen molar-refractivity contribution in [3.63, 3.8) is 0 Å². The second-order valence-electron chi connectivity index (χ2n) is 6.65. The number of hydrogen-bond acceptors (Lipinski definition) is 5. The standard InChI is InChI=1S/C17H20N4O2/c1-10-5-6-12-11(7-10)14-15(18)19-9-20-16(14)21(12)8-13(22)23-17(2,3)4/h5-7,9H,8H2,1-4H3,(H2,18,19,20). The molecule has 0 saturated carbocycles. The monoisotopic (exact) mass is 312 g/mol. The predicted molar refractivity (Wildman–Crippen MR) is 90.0 cm³/mol. The van der Waals surface area contributed by atoms with E-state index in [2.05, 4.69) is 9.97 Å². The van der Waals surface area contributed by atoms with Crippen molar-refractivity contribution in [3.8, 4) is 0 Å². The van der Waals surface area contributed by atoms with Crippen molar-refractivity contribution in [2.24, 2.45) is 0 Å². The third kappa shape index (κ3) is 2.84. The number of aromatic nitrogens is 3. The van der Waals surface area contributed by atoms with E-state index in [0.717, 1.165) is 21.9 Å². The van der Waals surface area contributed by atoms with Crippen LogP contribution in [0.1, 0.15) is 26.3 Å². The minimum absolute atomic E-state index is 0.0801. The quantitative estimate of drug-likeness (QED) is 0.736. The van der Waals surface area contributed by atoms with Crippen LogP contribution in [-0.2, 0) is 16.1 Å². The molecule has 3 aromatic rings. The predicted octanol–water partition coefficient (Wildman–Crippen LogP) is 2.82. The van der Waals surface area contributed by atoms with Gasteiger partial charge in [0.15, 0.2) is 0 Å². The normalized spacial score (nSPS) is 12.0. The Morgan fingerprint density at radius 1 is 1.30 bits per heavy atom. The number of nitrogens with two attached hydrogens (primary N) is 1. The molecule has 120 valence electrons. The van der Waals surface area contributed by atoms with Gasteiger partial charge in [0.1, 0.15) is 29.9 Å². The lowest BCUT2D eigenvalue weighted by Gasteiger charge is -2.20. The minimum Gasteiger partial charge on any atom is -0.459 e. The number of nitrogens with zero attached hydrogens (tertiary/aromatic N) is 3. The highest BCUT2D eigenvalue weighted by Crippen LogP contribution is 2.31. The maximum Gasteiger partial charge on any atom is 0.326 e. The van der Waals surface area contributed by atoms with E-state index in [4.69, 9.17) is 10.5 Å². The average molecular weight is 312 g/mol. The van der Waals surface area contributed by atoms with Gasteiger partial charge in [-0.2, -0.15) is 0 Å². The highest BCUT2D eigenvalue weighted by atomic mass is 16.6. The molecule has 0 unspecified atom stereocenters. The van der Waals surface area contributed by atoms with E-state index in [1.807, 2.05) is 50.5 Å². The molecule has 0 radical (unpaired) electrons. The van der Waals surface area contributed by atoms with Crippen LogP contribution in [0.5, 0.6) is 0 Å². The molecule has 6 nitrogen and oxygen atoms in total. The highest BCUT2D eigenvalue weighted by Gasteiger charge is 2.20. The largest absolute Gasteiger partial charge is 0.459 e. The van der Waals surface area contributed by atoms with Crippen LogP contribution in [0, 0.1) is 6.92 Å². The van der Waals surface area contributed by atoms with Crippen LogP contribution in [0.2, 0.25) is 0 Å². The van der Waals surface area contributed by atoms with Crippen LogP contribution in [0.4, 0.5) is 5.82 Å². The van der Waals surface area contributed by atoms with Crippen molar-refractivity contribution >= 4 is 33.7 Å². The Labute approximate surface area is 134 Å². The minimum atomic E-state index is -0.527. The summed E-state index contributed by atoms with van der Waals surface area (Å²) in [7, 11) is 0. The topological polar surface area (TPSA) is 83.0 Å². The van der Waals surface area contributed by atoms with Crippen LogP contribution < -0.4 is 5.73 Å². The van der Waals surface area contributed by atoms with Crippen molar-refractivity contribution in [1.82, 2.24) is 14.5 Å². The van der Waals surface area contributed by atoms with Gasteiger partial charge in [0, 0.05) is 5.39 Å². The molecule has 0 aliphatic heterocycles. The van der Waals surface area contributed by atoms with E-state index in [0.29, 0.717) is 11.5 Å². The fraction of sp³-hybridized carbons (Fsp3) is 0.353. The van der Waals surface area contributed by atoms with Crippen LogP contribution in [0.15, 0.2) is 24.5 Å². The Kier molecular flexibility index (Phi) is 3.47. The molecule has 2 N–H and O–H groups in total. The second-order valence-corrected chi connectivity index (χ2v) is 6.65. The molecule has 3 rings (SSSR count). The number of benzene rings is 1. The number of carbonyl (C=O) groups excluding carboxylic acids is 1. The third-order valence-corrected chi connectivity index (χ3v) is 3.53. The molecule has 0 aliphatic rings. The summed E-state index contributed by atoms with van der Waals surface area (Å²) in [4.78, 5) is 20.6. The van der Waals surface area contributed by atoms with Crippen molar-refractivity contribution in [1.29, 1.82) is 0 Å². The van der Waals surface area contributed by atoms with Gasteiger partial charge < -0.3 is 15.0 Å². The van der Waals surface area contributed by atoms with Gasteiger partial charge >= 0.3 is 5.97 Å². The number of hydrogen-bond donors (Lipinski definition) is 1. The third-order valence-electron chi connectivity index (χ3n) is 3.53. The van der Waals surface area contributed by atoms with Gasteiger partial charge in [0.2, 0.25) is 0 Å². The van der Waals surface area contributed by atoms with Crippen LogP contribution in [-0.4, -0.2) is 26.1 Å². The molecule has 2 heterocycles. The molecule has 2 aromatic heterocycles. The average Bonchev–Trinajstić information content (AvgIpc) is 2.72. The molecule has 0 bridgehead atoms. The Hall–Kier alpha value is -2.63. The molecule has 0 amide bonds. The van der Waals surface area contributed by atoms with Crippen LogP contribution in [0.3, 0.4) is 0 Å². The van der Waals surface area contributed by atoms with Gasteiger partial charge in [-0.05, 0) is 39.8 Å². The van der Waals surface area contributed by atoms with Crippen molar-refractivity contribution in [2.45, 2.75) is 39.8 Å². The Morgan fingerprint density at radius 2 is 2.04 bits per heavy atom. The Morgan fingerprint density at radius 3 is 2.74 bits per heavy atom. The molecular weight excluding hydrogens is 292 g/mol. The Bertz CT molecular complexity index is 906. The van der Waals surface area contributed by atoms with Crippen LogP contribution in [0.25, 0.3) is 21.9 Å². The number of fused-ring (bicyclic) bond motifs is 3. The van der Waals surface area contributed by atoms with E-state index >= 15 is 0 Å². The summed E-state index contributed by atoms with van der Waals surface area (Å²) in [6.07, 6.45) is 1.41. The smallest absolute Gasteiger partial charge is 0.326 e. The first kappa shape index (κ1) is 15.3. The number of nitrogen functional groups attached to an aromatic ring is 1. The Balaban J connectivity index is 2.19. The maximum absolute atomic E-state index is 12.2.